The fraction of sp³-hybridized carbons (Fsp3) is 0.429. The van der Waals surface area contributed by atoms with Crippen LogP contribution in [0.25, 0.3) is 0 Å². The number of amides is 1. The van der Waals surface area contributed by atoms with Gasteiger partial charge in [-0.15, -0.1) is 0 Å². The lowest BCUT2D eigenvalue weighted by Crippen LogP contribution is -2.50. The summed E-state index contributed by atoms with van der Waals surface area (Å²) < 4.78 is 5.26. The van der Waals surface area contributed by atoms with Gasteiger partial charge in [-0.25, -0.2) is 4.79 Å². The molecule has 0 radical (unpaired) electrons. The van der Waals surface area contributed by atoms with Crippen LogP contribution in [0.1, 0.15) is 20.8 Å². The molecule has 0 spiro atoms. The number of hydrogen-bond acceptors (Lipinski definition) is 3. The van der Waals surface area contributed by atoms with Crippen LogP contribution in [0.3, 0.4) is 0 Å². The second kappa shape index (κ2) is 6.22. The van der Waals surface area contributed by atoms with Crippen molar-refractivity contribution >= 4 is 11.9 Å². The number of nitrogens with one attached hydrogen (secondary N) is 1. The Kier molecular flexibility index (Phi) is 4.92. The highest BCUT2D eigenvalue weighted by Crippen LogP contribution is 2.19. The predicted molar refractivity (Wildman–Crippen MR) is 71.0 cm³/mol. The summed E-state index contributed by atoms with van der Waals surface area (Å²) in [5.41, 5.74) is -0.561. The molecule has 0 bridgehead atoms. The predicted octanol–water partition coefficient (Wildman–Crippen LogP) is 1.68. The lowest BCUT2D eigenvalue weighted by molar-refractivity contribution is -0.145. The van der Waals surface area contributed by atoms with Crippen molar-refractivity contribution in [1.82, 2.24) is 5.32 Å². The number of carbonyl (C=O) groups is 2. The van der Waals surface area contributed by atoms with Crippen LogP contribution in [-0.4, -0.2) is 29.6 Å². The molecule has 0 heterocycles. The van der Waals surface area contributed by atoms with Gasteiger partial charge in [0.1, 0.15) is 11.8 Å². The molecule has 0 aromatic heterocycles. The Morgan fingerprint density at radius 2 is 1.84 bits per heavy atom. The molecule has 1 atom stereocenters. The maximum absolute atomic E-state index is 11.7. The Balaban J connectivity index is 2.52. The van der Waals surface area contributed by atoms with E-state index in [0.717, 1.165) is 0 Å². The fourth-order valence-corrected chi connectivity index (χ4v) is 1.52. The minimum Gasteiger partial charge on any atom is -0.484 e. The molecule has 104 valence electrons. The van der Waals surface area contributed by atoms with E-state index in [2.05, 4.69) is 5.32 Å². The molecule has 0 fully saturated rings. The van der Waals surface area contributed by atoms with Crippen LogP contribution >= 0.6 is 0 Å². The molecular formula is C14H19NO4. The SMILES string of the molecule is CC(C)(C)C(NC(=O)COc1ccccc1)C(=O)O. The average molecular weight is 265 g/mol. The summed E-state index contributed by atoms with van der Waals surface area (Å²) in [7, 11) is 0. The Morgan fingerprint density at radius 1 is 1.26 bits per heavy atom. The quantitative estimate of drug-likeness (QED) is 0.849. The van der Waals surface area contributed by atoms with E-state index in [1.807, 2.05) is 6.07 Å². The standard InChI is InChI=1S/C14H19NO4/c1-14(2,3)12(13(17)18)15-11(16)9-19-10-7-5-4-6-8-10/h4-8,12H,9H2,1-3H3,(H,15,16)(H,17,18). The van der Waals surface area contributed by atoms with Crippen molar-refractivity contribution in [1.29, 1.82) is 0 Å². The molecule has 19 heavy (non-hydrogen) atoms. The van der Waals surface area contributed by atoms with E-state index in [1.165, 1.54) is 0 Å². The first-order valence-corrected chi connectivity index (χ1v) is 6.00. The monoisotopic (exact) mass is 265 g/mol. The van der Waals surface area contributed by atoms with Crippen molar-refractivity contribution in [3.63, 3.8) is 0 Å². The third kappa shape index (κ3) is 4.99. The van der Waals surface area contributed by atoms with Gasteiger partial charge in [-0.2, -0.15) is 0 Å². The molecule has 0 saturated heterocycles. The first-order valence-electron chi connectivity index (χ1n) is 6.00. The van der Waals surface area contributed by atoms with Gasteiger partial charge >= 0.3 is 5.97 Å². The molecule has 1 aromatic carbocycles. The molecule has 5 heteroatoms. The van der Waals surface area contributed by atoms with E-state index in [9.17, 15) is 9.59 Å². The molecule has 0 aliphatic rings. The van der Waals surface area contributed by atoms with E-state index >= 15 is 0 Å². The number of benzene rings is 1. The van der Waals surface area contributed by atoms with Crippen LogP contribution in [0, 0.1) is 5.41 Å². The summed E-state index contributed by atoms with van der Waals surface area (Å²) in [4.78, 5) is 22.8. The van der Waals surface area contributed by atoms with Crippen LogP contribution in [0.2, 0.25) is 0 Å². The highest BCUT2D eigenvalue weighted by atomic mass is 16.5. The number of para-hydroxylation sites is 1. The van der Waals surface area contributed by atoms with Gasteiger partial charge in [-0.3, -0.25) is 4.79 Å². The lowest BCUT2D eigenvalue weighted by atomic mass is 9.87. The third-order valence-corrected chi connectivity index (χ3v) is 2.53. The number of aliphatic carboxylic acids is 1. The summed E-state index contributed by atoms with van der Waals surface area (Å²) in [6, 6.07) is 7.94. The van der Waals surface area contributed by atoms with Gasteiger partial charge in [0.05, 0.1) is 0 Å². The van der Waals surface area contributed by atoms with Crippen molar-refractivity contribution in [2.24, 2.45) is 5.41 Å². The molecule has 0 aliphatic carbocycles. The van der Waals surface area contributed by atoms with Gasteiger partial charge in [-0.05, 0) is 17.5 Å². The normalized spacial score (nSPS) is 12.6. The lowest BCUT2D eigenvalue weighted by Gasteiger charge is -2.27. The first kappa shape index (κ1) is 15.0. The minimum absolute atomic E-state index is 0.204. The van der Waals surface area contributed by atoms with Crippen LogP contribution in [0.5, 0.6) is 5.75 Å². The molecular weight excluding hydrogens is 246 g/mol. The van der Waals surface area contributed by atoms with E-state index in [4.69, 9.17) is 9.84 Å². The van der Waals surface area contributed by atoms with Gasteiger partial charge in [0.15, 0.2) is 6.61 Å². The van der Waals surface area contributed by atoms with E-state index < -0.39 is 23.3 Å². The number of carboxylic acids is 1. The van der Waals surface area contributed by atoms with Crippen molar-refractivity contribution in [3.05, 3.63) is 30.3 Å². The molecule has 1 unspecified atom stereocenters. The number of carbonyl (C=O) groups excluding carboxylic acids is 1. The van der Waals surface area contributed by atoms with Gasteiger partial charge < -0.3 is 15.2 Å². The van der Waals surface area contributed by atoms with E-state index in [-0.39, 0.29) is 6.61 Å². The largest absolute Gasteiger partial charge is 0.484 e. The third-order valence-electron chi connectivity index (χ3n) is 2.53. The van der Waals surface area contributed by atoms with Crippen molar-refractivity contribution in [2.45, 2.75) is 26.8 Å². The molecule has 1 amide bonds. The van der Waals surface area contributed by atoms with Crippen LogP contribution < -0.4 is 10.1 Å². The van der Waals surface area contributed by atoms with Crippen molar-refractivity contribution in [3.8, 4) is 5.75 Å². The van der Waals surface area contributed by atoms with Crippen LogP contribution in [0.15, 0.2) is 30.3 Å². The smallest absolute Gasteiger partial charge is 0.326 e. The molecule has 1 rings (SSSR count). The number of carboxylic acid groups (broad SMARTS) is 1. The minimum atomic E-state index is -1.06. The Labute approximate surface area is 112 Å². The van der Waals surface area contributed by atoms with Gasteiger partial charge in [-0.1, -0.05) is 39.0 Å². The second-order valence-electron chi connectivity index (χ2n) is 5.31. The highest BCUT2D eigenvalue weighted by Gasteiger charge is 2.32. The van der Waals surface area contributed by atoms with Crippen LogP contribution in [-0.2, 0) is 9.59 Å². The molecule has 2 N–H and O–H groups in total. The summed E-state index contributed by atoms with van der Waals surface area (Å²) in [5.74, 6) is -0.938. The highest BCUT2D eigenvalue weighted by molar-refractivity contribution is 5.84. The number of hydrogen-bond donors (Lipinski definition) is 2. The summed E-state index contributed by atoms with van der Waals surface area (Å²) in [5, 5.41) is 11.6. The number of ether oxygens (including phenoxy) is 1. The molecule has 5 nitrogen and oxygen atoms in total. The maximum Gasteiger partial charge on any atom is 0.326 e. The fourth-order valence-electron chi connectivity index (χ4n) is 1.52. The molecule has 0 aliphatic heterocycles. The van der Waals surface area contributed by atoms with Gasteiger partial charge in [0.2, 0.25) is 0 Å². The summed E-state index contributed by atoms with van der Waals surface area (Å²) in [6.07, 6.45) is 0. The zero-order chi connectivity index (χ0) is 14.5. The maximum atomic E-state index is 11.7. The Morgan fingerprint density at radius 3 is 2.32 bits per heavy atom. The average Bonchev–Trinajstić information content (AvgIpc) is 2.33. The van der Waals surface area contributed by atoms with E-state index in [1.54, 1.807) is 45.0 Å². The van der Waals surface area contributed by atoms with Gasteiger partial charge in [0, 0.05) is 0 Å². The second-order valence-corrected chi connectivity index (χ2v) is 5.31. The first-order chi connectivity index (χ1) is 8.80. The van der Waals surface area contributed by atoms with Crippen LogP contribution in [0.4, 0.5) is 0 Å². The van der Waals surface area contributed by atoms with E-state index in [0.29, 0.717) is 5.75 Å². The summed E-state index contributed by atoms with van der Waals surface area (Å²) in [6.45, 7) is 5.06. The summed E-state index contributed by atoms with van der Waals surface area (Å²) >= 11 is 0. The molecule has 1 aromatic rings. The zero-order valence-electron chi connectivity index (χ0n) is 11.3. The van der Waals surface area contributed by atoms with Gasteiger partial charge in [0.25, 0.3) is 5.91 Å². The van der Waals surface area contributed by atoms with Crippen molar-refractivity contribution < 1.29 is 19.4 Å². The topological polar surface area (TPSA) is 75.6 Å². The zero-order valence-corrected chi connectivity index (χ0v) is 11.3. The molecule has 0 saturated carbocycles. The Bertz CT molecular complexity index is 437. The Hall–Kier alpha value is -2.04. The number of rotatable bonds is 5. The van der Waals surface area contributed by atoms with Crippen molar-refractivity contribution in [2.75, 3.05) is 6.61 Å².